The second-order valence-electron chi connectivity index (χ2n) is 8.34. The first-order valence-corrected chi connectivity index (χ1v) is 11.1. The van der Waals surface area contributed by atoms with Gasteiger partial charge >= 0.3 is 0 Å². The van der Waals surface area contributed by atoms with Gasteiger partial charge in [0.1, 0.15) is 23.4 Å². The molecule has 2 aromatic carbocycles. The van der Waals surface area contributed by atoms with Crippen LogP contribution in [0.4, 0.5) is 5.69 Å². The van der Waals surface area contributed by atoms with Gasteiger partial charge in [-0.25, -0.2) is 0 Å². The predicted octanol–water partition coefficient (Wildman–Crippen LogP) is 1.14. The maximum Gasteiger partial charge on any atom is 0.275 e. The highest BCUT2D eigenvalue weighted by molar-refractivity contribution is 5.77. The summed E-state index contributed by atoms with van der Waals surface area (Å²) in [5.41, 5.74) is 3.23. The molecule has 1 fully saturated rings. The van der Waals surface area contributed by atoms with Gasteiger partial charge in [0.2, 0.25) is 0 Å². The summed E-state index contributed by atoms with van der Waals surface area (Å²) in [4.78, 5) is 16.2. The molecule has 0 saturated carbocycles. The third-order valence-electron chi connectivity index (χ3n) is 5.95. The average Bonchev–Trinajstić information content (AvgIpc) is 3.12. The predicted molar refractivity (Wildman–Crippen MR) is 119 cm³/mol. The van der Waals surface area contributed by atoms with E-state index in [-0.39, 0.29) is 17.8 Å². The fraction of sp³-hybridized carbons (Fsp3) is 0.458. The molecule has 1 atom stereocenters. The number of rotatable bonds is 7. The Labute approximate surface area is 183 Å². The lowest BCUT2D eigenvalue weighted by atomic mass is 10.1. The van der Waals surface area contributed by atoms with Crippen molar-refractivity contribution in [1.82, 2.24) is 5.32 Å². The van der Waals surface area contributed by atoms with Crippen LogP contribution in [-0.2, 0) is 17.8 Å². The maximum atomic E-state index is 12.6. The third-order valence-corrected chi connectivity index (χ3v) is 5.95. The molecule has 2 aliphatic rings. The molecule has 0 radical (unpaired) electrons. The number of nitrogens with zero attached hydrogens (tertiary/aromatic N) is 1. The van der Waals surface area contributed by atoms with E-state index in [1.165, 1.54) is 10.5 Å². The molecular weight excluding hydrogens is 394 g/mol. The molecule has 4 rings (SSSR count). The monoisotopic (exact) mass is 426 g/mol. The van der Waals surface area contributed by atoms with Crippen LogP contribution in [0.3, 0.4) is 0 Å². The molecule has 0 aromatic heterocycles. The molecule has 0 spiro atoms. The SMILES string of the molecule is CCOc1cc2c(cc1CNC(=O)C[NH+]1CCN(c3ccc(O)cc3)CC1)O[C@H](C)C2. The Balaban J connectivity index is 1.28. The summed E-state index contributed by atoms with van der Waals surface area (Å²) in [5, 5.41) is 12.5. The van der Waals surface area contributed by atoms with Crippen molar-refractivity contribution in [3.05, 3.63) is 47.5 Å². The van der Waals surface area contributed by atoms with Crippen LogP contribution in [0, 0.1) is 0 Å². The Kier molecular flexibility index (Phi) is 6.51. The van der Waals surface area contributed by atoms with Gasteiger partial charge in [0.05, 0.1) is 32.8 Å². The summed E-state index contributed by atoms with van der Waals surface area (Å²) in [6, 6.07) is 11.4. The van der Waals surface area contributed by atoms with Crippen LogP contribution < -0.4 is 24.6 Å². The summed E-state index contributed by atoms with van der Waals surface area (Å²) in [5.74, 6) is 2.05. The smallest absolute Gasteiger partial charge is 0.275 e. The van der Waals surface area contributed by atoms with Crippen molar-refractivity contribution in [1.29, 1.82) is 0 Å². The highest BCUT2D eigenvalue weighted by Gasteiger charge is 2.24. The van der Waals surface area contributed by atoms with Gasteiger partial charge < -0.3 is 29.7 Å². The van der Waals surface area contributed by atoms with E-state index < -0.39 is 0 Å². The number of nitrogens with one attached hydrogen (secondary N) is 2. The van der Waals surface area contributed by atoms with Gasteiger partial charge in [-0.05, 0) is 50.2 Å². The number of hydrogen-bond acceptors (Lipinski definition) is 5. The molecule has 2 aliphatic heterocycles. The Morgan fingerprint density at radius 1 is 1.26 bits per heavy atom. The fourth-order valence-electron chi connectivity index (χ4n) is 4.31. The number of amides is 1. The van der Waals surface area contributed by atoms with Gasteiger partial charge in [0.15, 0.2) is 6.54 Å². The number of aromatic hydroxyl groups is 1. The molecule has 0 aliphatic carbocycles. The number of carbonyl (C=O) groups excluding carboxylic acids is 1. The van der Waals surface area contributed by atoms with E-state index >= 15 is 0 Å². The second kappa shape index (κ2) is 9.47. The Morgan fingerprint density at radius 2 is 2.00 bits per heavy atom. The van der Waals surface area contributed by atoms with Crippen molar-refractivity contribution in [2.75, 3.05) is 44.2 Å². The number of phenolic OH excluding ortho intramolecular Hbond substituents is 1. The average molecular weight is 427 g/mol. The molecule has 7 nitrogen and oxygen atoms in total. The van der Waals surface area contributed by atoms with Crippen molar-refractivity contribution in [2.45, 2.75) is 32.9 Å². The molecule has 0 unspecified atom stereocenters. The number of ether oxygens (including phenoxy) is 2. The van der Waals surface area contributed by atoms with E-state index in [1.807, 2.05) is 25.1 Å². The van der Waals surface area contributed by atoms with Gasteiger partial charge in [0, 0.05) is 29.8 Å². The lowest BCUT2D eigenvalue weighted by Crippen LogP contribution is -3.15. The quantitative estimate of drug-likeness (QED) is 0.619. The number of phenols is 1. The number of carbonyl (C=O) groups is 1. The van der Waals surface area contributed by atoms with E-state index in [0.717, 1.165) is 55.3 Å². The standard InChI is InChI=1S/C24H31N3O4/c1-3-30-22-13-18-12-17(2)31-23(18)14-19(22)15-25-24(29)16-26-8-10-27(11-9-26)20-4-6-21(28)7-5-20/h4-7,13-14,17,28H,3,8-12,15-16H2,1-2H3,(H,25,29)/p+1/t17-/m1/s1. The van der Waals surface area contributed by atoms with Gasteiger partial charge in [0.25, 0.3) is 5.91 Å². The molecular formula is C24H32N3O4+. The molecule has 1 amide bonds. The first-order valence-electron chi connectivity index (χ1n) is 11.1. The largest absolute Gasteiger partial charge is 0.508 e. The number of fused-ring (bicyclic) bond motifs is 1. The fourth-order valence-corrected chi connectivity index (χ4v) is 4.31. The lowest BCUT2D eigenvalue weighted by Gasteiger charge is -2.33. The second-order valence-corrected chi connectivity index (χ2v) is 8.34. The van der Waals surface area contributed by atoms with Crippen LogP contribution >= 0.6 is 0 Å². The van der Waals surface area contributed by atoms with Crippen molar-refractivity contribution >= 4 is 11.6 Å². The molecule has 7 heteroatoms. The molecule has 166 valence electrons. The van der Waals surface area contributed by atoms with Gasteiger partial charge in [-0.2, -0.15) is 0 Å². The zero-order valence-corrected chi connectivity index (χ0v) is 18.3. The Hall–Kier alpha value is -2.93. The van der Waals surface area contributed by atoms with Crippen LogP contribution in [0.15, 0.2) is 36.4 Å². The summed E-state index contributed by atoms with van der Waals surface area (Å²) < 4.78 is 11.7. The van der Waals surface area contributed by atoms with Gasteiger partial charge in [-0.3, -0.25) is 4.79 Å². The summed E-state index contributed by atoms with van der Waals surface area (Å²) in [6.07, 6.45) is 1.07. The minimum absolute atomic E-state index is 0.0466. The van der Waals surface area contributed by atoms with Gasteiger partial charge in [-0.15, -0.1) is 0 Å². The molecule has 0 bridgehead atoms. The van der Waals surface area contributed by atoms with Crippen molar-refractivity contribution in [3.63, 3.8) is 0 Å². The summed E-state index contributed by atoms with van der Waals surface area (Å²) in [7, 11) is 0. The normalized spacial score (nSPS) is 18.4. The molecule has 31 heavy (non-hydrogen) atoms. The maximum absolute atomic E-state index is 12.6. The molecule has 1 saturated heterocycles. The Bertz CT molecular complexity index is 908. The lowest BCUT2D eigenvalue weighted by molar-refractivity contribution is -0.892. The number of anilines is 1. The van der Waals surface area contributed by atoms with Crippen molar-refractivity contribution in [2.24, 2.45) is 0 Å². The highest BCUT2D eigenvalue weighted by atomic mass is 16.5. The minimum Gasteiger partial charge on any atom is -0.508 e. The molecule has 2 aromatic rings. The van der Waals surface area contributed by atoms with Crippen LogP contribution in [0.5, 0.6) is 17.2 Å². The highest BCUT2D eigenvalue weighted by Crippen LogP contribution is 2.35. The van der Waals surface area contributed by atoms with Crippen molar-refractivity contribution in [3.8, 4) is 17.2 Å². The van der Waals surface area contributed by atoms with E-state index in [2.05, 4.69) is 23.2 Å². The van der Waals surface area contributed by atoms with E-state index in [0.29, 0.717) is 19.7 Å². The van der Waals surface area contributed by atoms with Crippen LogP contribution in [0.2, 0.25) is 0 Å². The van der Waals surface area contributed by atoms with Crippen LogP contribution in [0.25, 0.3) is 0 Å². The van der Waals surface area contributed by atoms with Crippen LogP contribution in [-0.4, -0.2) is 56.4 Å². The third kappa shape index (κ3) is 5.22. The topological polar surface area (TPSA) is 75.5 Å². The Morgan fingerprint density at radius 3 is 2.71 bits per heavy atom. The summed E-state index contributed by atoms with van der Waals surface area (Å²) in [6.45, 7) is 9.11. The van der Waals surface area contributed by atoms with E-state index in [1.54, 1.807) is 12.1 Å². The zero-order valence-electron chi connectivity index (χ0n) is 18.3. The number of benzene rings is 2. The van der Waals surface area contributed by atoms with E-state index in [9.17, 15) is 9.90 Å². The first kappa shape index (κ1) is 21.3. The zero-order chi connectivity index (χ0) is 21.8. The minimum atomic E-state index is 0.0466. The van der Waals surface area contributed by atoms with Gasteiger partial charge in [-0.1, -0.05) is 0 Å². The number of hydrogen-bond donors (Lipinski definition) is 3. The first-order chi connectivity index (χ1) is 15.0. The number of quaternary nitrogens is 1. The van der Waals surface area contributed by atoms with E-state index in [4.69, 9.17) is 9.47 Å². The number of piperazine rings is 1. The van der Waals surface area contributed by atoms with Crippen LogP contribution in [0.1, 0.15) is 25.0 Å². The summed E-state index contributed by atoms with van der Waals surface area (Å²) >= 11 is 0. The molecule has 3 N–H and O–H groups in total. The molecule has 2 heterocycles. The van der Waals surface area contributed by atoms with Crippen molar-refractivity contribution < 1.29 is 24.3 Å².